The predicted octanol–water partition coefficient (Wildman–Crippen LogP) is 3.28. The van der Waals surface area contributed by atoms with E-state index < -0.39 is 52.0 Å². The molecule has 8 heteroatoms. The third-order valence-electron chi connectivity index (χ3n) is 2.83. The minimum absolute atomic E-state index is 0.383. The Morgan fingerprint density at radius 3 is 2.09 bits per heavy atom. The molecule has 2 aromatic carbocycles. The molecule has 120 valence electrons. The van der Waals surface area contributed by atoms with Crippen molar-refractivity contribution in [1.29, 1.82) is 0 Å². The minimum atomic E-state index is -1.18. The van der Waals surface area contributed by atoms with Crippen LogP contribution in [0.5, 0.6) is 0 Å². The molecular formula is C15H9F4NO3. The standard InChI is InChI=1S/C15H9F4NO3/c1-23-15(22)10-5-13(12(19)6-11(10)18)20-14(21)7-2-8(16)4-9(17)3-7/h2-6H,1H3,(H,20,21). The Bertz CT molecular complexity index is 772. The molecule has 4 nitrogen and oxygen atoms in total. The Labute approximate surface area is 127 Å². The molecule has 0 saturated heterocycles. The lowest BCUT2D eigenvalue weighted by molar-refractivity contribution is 0.0595. The highest BCUT2D eigenvalue weighted by atomic mass is 19.1. The van der Waals surface area contributed by atoms with Crippen LogP contribution in [0.2, 0.25) is 0 Å². The van der Waals surface area contributed by atoms with E-state index in [9.17, 15) is 27.2 Å². The summed E-state index contributed by atoms with van der Waals surface area (Å²) in [7, 11) is 0.999. The highest BCUT2D eigenvalue weighted by Gasteiger charge is 2.18. The number of rotatable bonds is 3. The fraction of sp³-hybridized carbons (Fsp3) is 0.0667. The second-order valence-electron chi connectivity index (χ2n) is 4.42. The summed E-state index contributed by atoms with van der Waals surface area (Å²) in [6.07, 6.45) is 0. The quantitative estimate of drug-likeness (QED) is 0.695. The number of halogens is 4. The van der Waals surface area contributed by atoms with Gasteiger partial charge in [0, 0.05) is 17.7 Å². The van der Waals surface area contributed by atoms with Gasteiger partial charge >= 0.3 is 5.97 Å². The number of carbonyl (C=O) groups excluding carboxylic acids is 2. The van der Waals surface area contributed by atoms with Gasteiger partial charge in [-0.3, -0.25) is 4.79 Å². The van der Waals surface area contributed by atoms with Crippen molar-refractivity contribution in [3.05, 3.63) is 64.7 Å². The van der Waals surface area contributed by atoms with Crippen molar-refractivity contribution in [2.24, 2.45) is 0 Å². The van der Waals surface area contributed by atoms with E-state index in [2.05, 4.69) is 4.74 Å². The van der Waals surface area contributed by atoms with Gasteiger partial charge in [-0.15, -0.1) is 0 Å². The van der Waals surface area contributed by atoms with Gasteiger partial charge in [0.1, 0.15) is 23.3 Å². The van der Waals surface area contributed by atoms with Crippen molar-refractivity contribution >= 4 is 17.6 Å². The number of benzene rings is 2. The van der Waals surface area contributed by atoms with Crippen molar-refractivity contribution in [2.45, 2.75) is 0 Å². The summed E-state index contributed by atoms with van der Waals surface area (Å²) in [6.45, 7) is 0. The van der Waals surface area contributed by atoms with Crippen LogP contribution in [0.1, 0.15) is 20.7 Å². The number of hydrogen-bond acceptors (Lipinski definition) is 3. The molecule has 0 spiro atoms. The average Bonchev–Trinajstić information content (AvgIpc) is 2.48. The van der Waals surface area contributed by atoms with Crippen LogP contribution in [0.4, 0.5) is 23.2 Å². The van der Waals surface area contributed by atoms with Crippen LogP contribution < -0.4 is 5.32 Å². The third-order valence-corrected chi connectivity index (χ3v) is 2.83. The van der Waals surface area contributed by atoms with Crippen LogP contribution in [0.15, 0.2) is 30.3 Å². The normalized spacial score (nSPS) is 10.3. The number of methoxy groups -OCH3 is 1. The van der Waals surface area contributed by atoms with Gasteiger partial charge in [0.2, 0.25) is 0 Å². The molecule has 0 fully saturated rings. The minimum Gasteiger partial charge on any atom is -0.465 e. The topological polar surface area (TPSA) is 55.4 Å². The zero-order chi connectivity index (χ0) is 17.1. The number of carbonyl (C=O) groups is 2. The summed E-state index contributed by atoms with van der Waals surface area (Å²) in [5, 5.41) is 2.01. The number of amides is 1. The molecule has 1 amide bonds. The Balaban J connectivity index is 2.35. The first-order chi connectivity index (χ1) is 10.8. The molecule has 0 heterocycles. The number of hydrogen-bond donors (Lipinski definition) is 1. The van der Waals surface area contributed by atoms with E-state index in [0.717, 1.165) is 25.3 Å². The highest BCUT2D eigenvalue weighted by Crippen LogP contribution is 2.21. The molecule has 0 bridgehead atoms. The Morgan fingerprint density at radius 2 is 1.52 bits per heavy atom. The number of nitrogens with one attached hydrogen (secondary N) is 1. The van der Waals surface area contributed by atoms with E-state index in [1.807, 2.05) is 5.32 Å². The number of ether oxygens (including phenoxy) is 1. The van der Waals surface area contributed by atoms with Gasteiger partial charge in [0.15, 0.2) is 0 Å². The maximum atomic E-state index is 13.7. The molecule has 2 aromatic rings. The smallest absolute Gasteiger partial charge is 0.340 e. The predicted molar refractivity (Wildman–Crippen MR) is 72.0 cm³/mol. The van der Waals surface area contributed by atoms with E-state index in [4.69, 9.17) is 0 Å². The molecule has 0 aliphatic rings. The molecule has 0 aliphatic carbocycles. The summed E-state index contributed by atoms with van der Waals surface area (Å²) in [5.74, 6) is -6.45. The van der Waals surface area contributed by atoms with Crippen LogP contribution >= 0.6 is 0 Å². The summed E-state index contributed by atoms with van der Waals surface area (Å²) in [6, 6.07) is 3.14. The van der Waals surface area contributed by atoms with Crippen molar-refractivity contribution < 1.29 is 31.9 Å². The van der Waals surface area contributed by atoms with Crippen molar-refractivity contribution in [3.63, 3.8) is 0 Å². The van der Waals surface area contributed by atoms with Crippen LogP contribution in [0, 0.1) is 23.3 Å². The first kappa shape index (κ1) is 16.5. The molecule has 0 unspecified atom stereocenters. The number of anilines is 1. The number of esters is 1. The SMILES string of the molecule is COC(=O)c1cc(NC(=O)c2cc(F)cc(F)c2)c(F)cc1F. The largest absolute Gasteiger partial charge is 0.465 e. The van der Waals surface area contributed by atoms with E-state index in [1.165, 1.54) is 0 Å². The average molecular weight is 327 g/mol. The van der Waals surface area contributed by atoms with E-state index in [-0.39, 0.29) is 0 Å². The molecule has 0 aliphatic heterocycles. The van der Waals surface area contributed by atoms with Crippen LogP contribution in [0.25, 0.3) is 0 Å². The van der Waals surface area contributed by atoms with Gasteiger partial charge in [0.25, 0.3) is 5.91 Å². The fourth-order valence-electron chi connectivity index (χ4n) is 1.79. The van der Waals surface area contributed by atoms with Crippen LogP contribution in [-0.4, -0.2) is 19.0 Å². The lowest BCUT2D eigenvalue weighted by atomic mass is 10.1. The van der Waals surface area contributed by atoms with Crippen LogP contribution in [0.3, 0.4) is 0 Å². The molecule has 0 radical (unpaired) electrons. The van der Waals surface area contributed by atoms with E-state index in [0.29, 0.717) is 12.1 Å². The Morgan fingerprint density at radius 1 is 0.913 bits per heavy atom. The highest BCUT2D eigenvalue weighted by molar-refractivity contribution is 6.05. The molecule has 23 heavy (non-hydrogen) atoms. The molecule has 0 aromatic heterocycles. The van der Waals surface area contributed by atoms with Gasteiger partial charge in [-0.25, -0.2) is 22.4 Å². The molecule has 0 saturated carbocycles. The summed E-state index contributed by atoms with van der Waals surface area (Å²) < 4.78 is 57.6. The molecule has 0 atom stereocenters. The second kappa shape index (κ2) is 6.47. The molecule has 2 rings (SSSR count). The van der Waals surface area contributed by atoms with Gasteiger partial charge in [-0.1, -0.05) is 0 Å². The maximum absolute atomic E-state index is 13.7. The zero-order valence-corrected chi connectivity index (χ0v) is 11.6. The lowest BCUT2D eigenvalue weighted by Crippen LogP contribution is -2.15. The van der Waals surface area contributed by atoms with E-state index >= 15 is 0 Å². The van der Waals surface area contributed by atoms with Crippen molar-refractivity contribution in [2.75, 3.05) is 12.4 Å². The Hall–Kier alpha value is -2.90. The van der Waals surface area contributed by atoms with Gasteiger partial charge in [0.05, 0.1) is 18.4 Å². The zero-order valence-electron chi connectivity index (χ0n) is 11.6. The van der Waals surface area contributed by atoms with Crippen LogP contribution in [-0.2, 0) is 4.74 Å². The van der Waals surface area contributed by atoms with Gasteiger partial charge in [-0.2, -0.15) is 0 Å². The summed E-state index contributed by atoms with van der Waals surface area (Å²) in [4.78, 5) is 23.2. The first-order valence-electron chi connectivity index (χ1n) is 6.16. The fourth-order valence-corrected chi connectivity index (χ4v) is 1.79. The van der Waals surface area contributed by atoms with Crippen molar-refractivity contribution in [1.82, 2.24) is 0 Å². The molecular weight excluding hydrogens is 318 g/mol. The van der Waals surface area contributed by atoms with Crippen molar-refractivity contribution in [3.8, 4) is 0 Å². The maximum Gasteiger partial charge on any atom is 0.340 e. The lowest BCUT2D eigenvalue weighted by Gasteiger charge is -2.09. The monoisotopic (exact) mass is 327 g/mol. The summed E-state index contributed by atoms with van der Waals surface area (Å²) >= 11 is 0. The molecule has 1 N–H and O–H groups in total. The Kier molecular flexibility index (Phi) is 4.63. The first-order valence-corrected chi connectivity index (χ1v) is 6.16. The van der Waals surface area contributed by atoms with E-state index in [1.54, 1.807) is 0 Å². The summed E-state index contributed by atoms with van der Waals surface area (Å²) in [5.41, 5.74) is -1.55. The van der Waals surface area contributed by atoms with Gasteiger partial charge in [-0.05, 0) is 18.2 Å². The second-order valence-corrected chi connectivity index (χ2v) is 4.42. The third kappa shape index (κ3) is 3.65. The van der Waals surface area contributed by atoms with Gasteiger partial charge < -0.3 is 10.1 Å².